The number of carbonyl (C=O) groups excluding carboxylic acids is 2. The second-order valence-corrected chi connectivity index (χ2v) is 4.53. The quantitative estimate of drug-likeness (QED) is 0.466. The maximum atomic E-state index is 11.2. The van der Waals surface area contributed by atoms with Gasteiger partial charge in [-0.05, 0) is 39.9 Å². The molecule has 0 fully saturated rings. The summed E-state index contributed by atoms with van der Waals surface area (Å²) in [5.74, 6) is -0.0662. The molecule has 0 spiro atoms. The lowest BCUT2D eigenvalue weighted by Gasteiger charge is -2.16. The normalized spacial score (nSPS) is 10.2. The van der Waals surface area contributed by atoms with Gasteiger partial charge in [0.25, 0.3) is 0 Å². The molecule has 0 aromatic heterocycles. The Morgan fingerprint density at radius 1 is 1.06 bits per heavy atom. The molecule has 0 aliphatic carbocycles. The molecule has 2 amide bonds. The molecule has 0 aliphatic heterocycles. The average molecular weight is 255 g/mol. The molecule has 0 saturated carbocycles. The molecule has 0 aromatic rings. The van der Waals surface area contributed by atoms with E-state index in [1.54, 1.807) is 6.92 Å². The lowest BCUT2D eigenvalue weighted by Crippen LogP contribution is -2.30. The van der Waals surface area contributed by atoms with Crippen molar-refractivity contribution in [1.82, 2.24) is 15.5 Å². The van der Waals surface area contributed by atoms with Gasteiger partial charge in [0.1, 0.15) is 0 Å². The highest BCUT2D eigenvalue weighted by Gasteiger charge is 2.01. The molecule has 0 atom stereocenters. The molecule has 0 aliphatic rings. The zero-order valence-electron chi connectivity index (χ0n) is 11.7. The number of nitrogens with zero attached hydrogens (tertiary/aromatic N) is 1. The second-order valence-electron chi connectivity index (χ2n) is 4.53. The minimum Gasteiger partial charge on any atom is -0.356 e. The maximum absolute atomic E-state index is 11.2. The summed E-state index contributed by atoms with van der Waals surface area (Å²) >= 11 is 0. The number of nitrogens with one attached hydrogen (secondary N) is 2. The third-order valence-electron chi connectivity index (χ3n) is 2.48. The molecule has 0 aromatic carbocycles. The van der Waals surface area contributed by atoms with Gasteiger partial charge < -0.3 is 15.5 Å². The Hall–Kier alpha value is -1.36. The van der Waals surface area contributed by atoms with Crippen molar-refractivity contribution in [2.24, 2.45) is 0 Å². The minimum atomic E-state index is -0.0803. The molecule has 0 radical (unpaired) electrons. The van der Waals surface area contributed by atoms with Crippen LogP contribution in [-0.4, -0.2) is 49.9 Å². The van der Waals surface area contributed by atoms with Crippen molar-refractivity contribution in [3.8, 4) is 0 Å². The van der Waals surface area contributed by atoms with E-state index in [-0.39, 0.29) is 11.8 Å². The summed E-state index contributed by atoms with van der Waals surface area (Å²) < 4.78 is 0. The topological polar surface area (TPSA) is 61.4 Å². The Morgan fingerprint density at radius 2 is 1.56 bits per heavy atom. The van der Waals surface area contributed by atoms with E-state index >= 15 is 0 Å². The third-order valence-corrected chi connectivity index (χ3v) is 2.48. The predicted molar refractivity (Wildman–Crippen MR) is 73.2 cm³/mol. The van der Waals surface area contributed by atoms with Gasteiger partial charge in [-0.3, -0.25) is 9.59 Å². The van der Waals surface area contributed by atoms with Crippen LogP contribution in [0.3, 0.4) is 0 Å². The van der Waals surface area contributed by atoms with Crippen LogP contribution in [0.1, 0.15) is 26.7 Å². The van der Waals surface area contributed by atoms with Crippen molar-refractivity contribution >= 4 is 11.8 Å². The van der Waals surface area contributed by atoms with Crippen molar-refractivity contribution in [3.05, 3.63) is 12.2 Å². The number of rotatable bonds is 9. The van der Waals surface area contributed by atoms with Gasteiger partial charge in [0.2, 0.25) is 11.8 Å². The zero-order chi connectivity index (χ0) is 14.0. The Morgan fingerprint density at radius 3 is 2.00 bits per heavy atom. The monoisotopic (exact) mass is 255 g/mol. The highest BCUT2D eigenvalue weighted by Crippen LogP contribution is 1.91. The molecule has 0 bridgehead atoms. The van der Waals surface area contributed by atoms with Gasteiger partial charge in [-0.25, -0.2) is 0 Å². The third kappa shape index (κ3) is 9.84. The average Bonchev–Trinajstić information content (AvgIpc) is 2.29. The molecule has 5 nitrogen and oxygen atoms in total. The number of hydrogen-bond acceptors (Lipinski definition) is 3. The van der Waals surface area contributed by atoms with E-state index in [0.717, 1.165) is 25.9 Å². The number of carbonyl (C=O) groups is 2. The summed E-state index contributed by atoms with van der Waals surface area (Å²) in [6, 6.07) is 0. The van der Waals surface area contributed by atoms with Crippen LogP contribution >= 0.6 is 0 Å². The summed E-state index contributed by atoms with van der Waals surface area (Å²) in [4.78, 5) is 24.0. The van der Waals surface area contributed by atoms with Crippen molar-refractivity contribution in [2.75, 3.05) is 33.2 Å². The van der Waals surface area contributed by atoms with E-state index in [1.165, 1.54) is 6.92 Å². The molecular formula is C13H25N3O2. The van der Waals surface area contributed by atoms with E-state index < -0.39 is 0 Å². The van der Waals surface area contributed by atoms with Gasteiger partial charge >= 0.3 is 0 Å². The smallest absolute Gasteiger partial charge is 0.246 e. The predicted octanol–water partition coefficient (Wildman–Crippen LogP) is 0.527. The Kier molecular flexibility index (Phi) is 8.92. The van der Waals surface area contributed by atoms with Crippen LogP contribution < -0.4 is 10.6 Å². The molecule has 2 N–H and O–H groups in total. The summed E-state index contributed by atoms with van der Waals surface area (Å²) in [7, 11) is 2.04. The fourth-order valence-corrected chi connectivity index (χ4v) is 1.43. The van der Waals surface area contributed by atoms with Crippen LogP contribution in [-0.2, 0) is 9.59 Å². The van der Waals surface area contributed by atoms with Gasteiger partial charge in [-0.15, -0.1) is 0 Å². The van der Waals surface area contributed by atoms with E-state index in [0.29, 0.717) is 18.7 Å². The lowest BCUT2D eigenvalue weighted by molar-refractivity contribution is -0.119. The first-order chi connectivity index (χ1) is 8.43. The van der Waals surface area contributed by atoms with Crippen LogP contribution in [0.15, 0.2) is 12.2 Å². The van der Waals surface area contributed by atoms with Crippen molar-refractivity contribution in [3.63, 3.8) is 0 Å². The van der Waals surface area contributed by atoms with Crippen LogP contribution in [0.2, 0.25) is 0 Å². The van der Waals surface area contributed by atoms with Crippen molar-refractivity contribution in [2.45, 2.75) is 26.7 Å². The van der Waals surface area contributed by atoms with Crippen LogP contribution in [0.4, 0.5) is 0 Å². The second kappa shape index (κ2) is 9.65. The zero-order valence-corrected chi connectivity index (χ0v) is 11.7. The van der Waals surface area contributed by atoms with Crippen LogP contribution in [0.25, 0.3) is 0 Å². The van der Waals surface area contributed by atoms with Crippen LogP contribution in [0, 0.1) is 0 Å². The molecule has 0 saturated heterocycles. The van der Waals surface area contributed by atoms with Gasteiger partial charge in [0, 0.05) is 25.6 Å². The summed E-state index contributed by atoms with van der Waals surface area (Å²) in [6.07, 6.45) is 1.85. The largest absolute Gasteiger partial charge is 0.356 e. The first-order valence-electron chi connectivity index (χ1n) is 6.30. The standard InChI is InChI=1S/C13H25N3O2/c1-11(2)13(18)15-8-6-10-16(4)9-5-7-14-12(3)17/h1,5-10H2,2-4H3,(H,14,17)(H,15,18). The Bertz CT molecular complexity index is 290. The number of amides is 2. The highest BCUT2D eigenvalue weighted by atomic mass is 16.2. The molecule has 18 heavy (non-hydrogen) atoms. The van der Waals surface area contributed by atoms with Crippen molar-refractivity contribution < 1.29 is 9.59 Å². The van der Waals surface area contributed by atoms with E-state index in [9.17, 15) is 9.59 Å². The number of hydrogen-bond donors (Lipinski definition) is 2. The lowest BCUT2D eigenvalue weighted by atomic mass is 10.3. The molecule has 104 valence electrons. The minimum absolute atomic E-state index is 0.0140. The van der Waals surface area contributed by atoms with E-state index in [2.05, 4.69) is 22.1 Å². The molecule has 0 rings (SSSR count). The van der Waals surface area contributed by atoms with E-state index in [1.807, 2.05) is 7.05 Å². The summed E-state index contributed by atoms with van der Waals surface area (Å²) in [5.41, 5.74) is 0.540. The Balaban J connectivity index is 3.42. The van der Waals surface area contributed by atoms with Crippen molar-refractivity contribution in [1.29, 1.82) is 0 Å². The van der Waals surface area contributed by atoms with Gasteiger partial charge in [0.05, 0.1) is 0 Å². The fourth-order valence-electron chi connectivity index (χ4n) is 1.43. The summed E-state index contributed by atoms with van der Waals surface area (Å²) in [6.45, 7) is 10.0. The first kappa shape index (κ1) is 16.6. The van der Waals surface area contributed by atoms with Crippen LogP contribution in [0.5, 0.6) is 0 Å². The molecule has 5 heteroatoms. The Labute approximate surface area is 110 Å². The van der Waals surface area contributed by atoms with Gasteiger partial charge in [-0.2, -0.15) is 0 Å². The first-order valence-corrected chi connectivity index (χ1v) is 6.30. The maximum Gasteiger partial charge on any atom is 0.246 e. The fraction of sp³-hybridized carbons (Fsp3) is 0.692. The highest BCUT2D eigenvalue weighted by molar-refractivity contribution is 5.91. The SMILES string of the molecule is C=C(C)C(=O)NCCCN(C)CCCNC(C)=O. The molecule has 0 heterocycles. The molecular weight excluding hydrogens is 230 g/mol. The van der Waals surface area contributed by atoms with E-state index in [4.69, 9.17) is 0 Å². The molecule has 0 unspecified atom stereocenters. The van der Waals surface area contributed by atoms with Gasteiger partial charge in [0.15, 0.2) is 0 Å². The summed E-state index contributed by atoms with van der Waals surface area (Å²) in [5, 5.41) is 5.56. The van der Waals surface area contributed by atoms with Gasteiger partial charge in [-0.1, -0.05) is 6.58 Å².